The van der Waals surface area contributed by atoms with Crippen molar-refractivity contribution in [1.82, 2.24) is 0 Å². The Balaban J connectivity index is 1.73. The number of rotatable bonds is 6. The van der Waals surface area contributed by atoms with Crippen LogP contribution >= 0.6 is 0 Å². The average molecular weight is 435 g/mol. The Morgan fingerprint density at radius 2 is 0.824 bits per heavy atom. The van der Waals surface area contributed by atoms with E-state index in [9.17, 15) is 0 Å². The first kappa shape index (κ1) is 21.4. The van der Waals surface area contributed by atoms with Crippen LogP contribution in [0, 0.1) is 0 Å². The van der Waals surface area contributed by atoms with Gasteiger partial charge in [0, 0.05) is 0 Å². The first-order valence-corrected chi connectivity index (χ1v) is 11.6. The fourth-order valence-electron chi connectivity index (χ4n) is 4.23. The van der Waals surface area contributed by atoms with Crippen molar-refractivity contribution >= 4 is 24.3 Å². The van der Waals surface area contributed by atoms with Crippen LogP contribution in [-0.2, 0) is 0 Å². The Morgan fingerprint density at radius 3 is 1.38 bits per heavy atom. The van der Waals surface area contributed by atoms with Crippen molar-refractivity contribution in [2.24, 2.45) is 0 Å². The molecular weight excluding hydrogens is 408 g/mol. The normalized spacial score (nSPS) is 11.3. The van der Waals surface area contributed by atoms with Gasteiger partial charge in [-0.2, -0.15) is 0 Å². The quantitative estimate of drug-likeness (QED) is 0.234. The zero-order valence-corrected chi connectivity index (χ0v) is 19.0. The number of benzene rings is 5. The lowest BCUT2D eigenvalue weighted by molar-refractivity contribution is 1.54. The van der Waals surface area contributed by atoms with Crippen molar-refractivity contribution in [3.63, 3.8) is 0 Å². The minimum absolute atomic E-state index is 1.18. The molecule has 5 aromatic carbocycles. The smallest absolute Gasteiger partial charge is 0.00268 e. The summed E-state index contributed by atoms with van der Waals surface area (Å²) in [7, 11) is 0. The lowest BCUT2D eigenvalue weighted by Gasteiger charge is -2.17. The van der Waals surface area contributed by atoms with Crippen LogP contribution in [0.25, 0.3) is 46.6 Å². The van der Waals surface area contributed by atoms with Gasteiger partial charge in [0.2, 0.25) is 0 Å². The second-order valence-electron chi connectivity index (χ2n) is 8.21. The number of hydrogen-bond acceptors (Lipinski definition) is 0. The van der Waals surface area contributed by atoms with Gasteiger partial charge >= 0.3 is 0 Å². The Hall–Kier alpha value is -4.42. The molecule has 0 radical (unpaired) electrons. The molecule has 0 saturated heterocycles. The third-order valence-corrected chi connectivity index (χ3v) is 5.92. The summed E-state index contributed by atoms with van der Waals surface area (Å²) in [5.74, 6) is 0. The fourth-order valence-corrected chi connectivity index (χ4v) is 4.23. The van der Waals surface area contributed by atoms with E-state index in [2.05, 4.69) is 152 Å². The molecular formula is C34H26. The van der Waals surface area contributed by atoms with Crippen LogP contribution in [0.5, 0.6) is 0 Å². The van der Waals surface area contributed by atoms with Gasteiger partial charge in [0.05, 0.1) is 0 Å². The van der Waals surface area contributed by atoms with E-state index in [0.29, 0.717) is 0 Å². The highest BCUT2D eigenvalue weighted by Crippen LogP contribution is 2.38. The largest absolute Gasteiger partial charge is 0.0622 e. The van der Waals surface area contributed by atoms with Crippen molar-refractivity contribution < 1.29 is 0 Å². The summed E-state index contributed by atoms with van der Waals surface area (Å²) in [5.41, 5.74) is 9.68. The van der Waals surface area contributed by atoms with Gasteiger partial charge in [-0.05, 0) is 44.5 Å². The predicted molar refractivity (Wildman–Crippen MR) is 148 cm³/mol. The van der Waals surface area contributed by atoms with E-state index < -0.39 is 0 Å². The molecule has 0 aliphatic carbocycles. The van der Waals surface area contributed by atoms with Crippen LogP contribution in [0.3, 0.4) is 0 Å². The molecule has 5 aromatic rings. The molecule has 0 spiro atoms. The SMILES string of the molecule is C(=C\c1ccc(-c2ccccc2)c(-c2ccccc2)c1/C=C/c1ccccc1)/c1ccccc1. The van der Waals surface area contributed by atoms with Gasteiger partial charge < -0.3 is 0 Å². The van der Waals surface area contributed by atoms with E-state index in [1.54, 1.807) is 0 Å². The maximum atomic E-state index is 2.26. The monoisotopic (exact) mass is 434 g/mol. The molecule has 0 nitrogen and oxygen atoms in total. The van der Waals surface area contributed by atoms with E-state index in [4.69, 9.17) is 0 Å². The molecule has 5 rings (SSSR count). The van der Waals surface area contributed by atoms with Crippen LogP contribution in [0.4, 0.5) is 0 Å². The summed E-state index contributed by atoms with van der Waals surface area (Å²) in [6, 6.07) is 46.8. The van der Waals surface area contributed by atoms with Crippen molar-refractivity contribution in [3.8, 4) is 22.3 Å². The molecule has 34 heavy (non-hydrogen) atoms. The summed E-state index contributed by atoms with van der Waals surface area (Å²) >= 11 is 0. The Labute approximate surface area is 202 Å². The zero-order chi connectivity index (χ0) is 23.0. The molecule has 0 aliphatic heterocycles. The molecule has 0 atom stereocenters. The molecule has 162 valence electrons. The van der Waals surface area contributed by atoms with Gasteiger partial charge in [0.1, 0.15) is 0 Å². The van der Waals surface area contributed by atoms with Crippen molar-refractivity contribution in [3.05, 3.63) is 156 Å². The minimum atomic E-state index is 1.18. The molecule has 0 unspecified atom stereocenters. The standard InChI is InChI=1S/C34H26/c1-5-13-27(14-6-1)21-23-30-24-26-33(29-17-9-3-10-18-29)34(31-19-11-4-12-20-31)32(30)25-22-28-15-7-2-8-16-28/h1-26H/b23-21+,25-22+. The topological polar surface area (TPSA) is 0 Å². The molecule has 0 aromatic heterocycles. The summed E-state index contributed by atoms with van der Waals surface area (Å²) in [6.45, 7) is 0. The second-order valence-corrected chi connectivity index (χ2v) is 8.21. The molecule has 0 amide bonds. The third kappa shape index (κ3) is 4.98. The Morgan fingerprint density at radius 1 is 0.353 bits per heavy atom. The molecule has 0 bridgehead atoms. The van der Waals surface area contributed by atoms with Crippen LogP contribution in [0.15, 0.2) is 133 Å². The van der Waals surface area contributed by atoms with Crippen molar-refractivity contribution in [2.45, 2.75) is 0 Å². The molecule has 0 fully saturated rings. The maximum Gasteiger partial charge on any atom is -0.00268 e. The minimum Gasteiger partial charge on any atom is -0.0622 e. The highest BCUT2D eigenvalue weighted by molar-refractivity contribution is 5.95. The predicted octanol–water partition coefficient (Wildman–Crippen LogP) is 9.36. The maximum absolute atomic E-state index is 2.26. The van der Waals surface area contributed by atoms with E-state index in [-0.39, 0.29) is 0 Å². The lowest BCUT2D eigenvalue weighted by atomic mass is 9.87. The van der Waals surface area contributed by atoms with Crippen LogP contribution in [-0.4, -0.2) is 0 Å². The second kappa shape index (κ2) is 10.5. The summed E-state index contributed by atoms with van der Waals surface area (Å²) in [5, 5.41) is 0. The van der Waals surface area contributed by atoms with Gasteiger partial charge in [-0.25, -0.2) is 0 Å². The lowest BCUT2D eigenvalue weighted by Crippen LogP contribution is -1.93. The van der Waals surface area contributed by atoms with E-state index in [1.807, 2.05) is 6.07 Å². The first-order chi connectivity index (χ1) is 16.9. The number of hydrogen-bond donors (Lipinski definition) is 0. The third-order valence-electron chi connectivity index (χ3n) is 5.92. The van der Waals surface area contributed by atoms with E-state index >= 15 is 0 Å². The van der Waals surface area contributed by atoms with Gasteiger partial charge in [-0.1, -0.05) is 158 Å². The van der Waals surface area contributed by atoms with Gasteiger partial charge in [-0.15, -0.1) is 0 Å². The molecule has 0 aliphatic rings. The summed E-state index contributed by atoms with van der Waals surface area (Å²) < 4.78 is 0. The van der Waals surface area contributed by atoms with Gasteiger partial charge in [0.15, 0.2) is 0 Å². The fraction of sp³-hybridized carbons (Fsp3) is 0. The summed E-state index contributed by atoms with van der Waals surface area (Å²) in [4.78, 5) is 0. The van der Waals surface area contributed by atoms with E-state index in [1.165, 1.54) is 44.5 Å². The van der Waals surface area contributed by atoms with Crippen LogP contribution in [0.1, 0.15) is 22.3 Å². The van der Waals surface area contributed by atoms with Crippen LogP contribution < -0.4 is 0 Å². The molecule has 0 heteroatoms. The highest BCUT2D eigenvalue weighted by Gasteiger charge is 2.14. The molecule has 0 heterocycles. The van der Waals surface area contributed by atoms with Crippen LogP contribution in [0.2, 0.25) is 0 Å². The molecule has 0 N–H and O–H groups in total. The van der Waals surface area contributed by atoms with Crippen molar-refractivity contribution in [2.75, 3.05) is 0 Å². The average Bonchev–Trinajstić information content (AvgIpc) is 2.92. The Kier molecular flexibility index (Phi) is 6.59. The summed E-state index contributed by atoms with van der Waals surface area (Å²) in [6.07, 6.45) is 8.87. The zero-order valence-electron chi connectivity index (χ0n) is 19.0. The van der Waals surface area contributed by atoms with Crippen molar-refractivity contribution in [1.29, 1.82) is 0 Å². The van der Waals surface area contributed by atoms with E-state index in [0.717, 1.165) is 0 Å². The Bertz CT molecular complexity index is 1400. The van der Waals surface area contributed by atoms with Gasteiger partial charge in [-0.3, -0.25) is 0 Å². The molecule has 0 saturated carbocycles. The van der Waals surface area contributed by atoms with Gasteiger partial charge in [0.25, 0.3) is 0 Å². The highest BCUT2D eigenvalue weighted by atomic mass is 14.2. The first-order valence-electron chi connectivity index (χ1n) is 11.6.